The largest absolute Gasteiger partial charge is 0.496 e. The van der Waals surface area contributed by atoms with Crippen LogP contribution in [0.5, 0.6) is 5.75 Å². The van der Waals surface area contributed by atoms with E-state index in [0.29, 0.717) is 16.9 Å². The van der Waals surface area contributed by atoms with Crippen molar-refractivity contribution in [2.45, 2.75) is 23.9 Å². The number of carbonyl (C=O) groups excluding carboxylic acids is 2. The second kappa shape index (κ2) is 11.9. The van der Waals surface area contributed by atoms with Gasteiger partial charge in [-0.1, -0.05) is 0 Å². The molecule has 1 aromatic carbocycles. The molecule has 0 bridgehead atoms. The number of amidine groups is 1. The third-order valence-corrected chi connectivity index (χ3v) is 6.64. The third kappa shape index (κ3) is 7.11. The van der Waals surface area contributed by atoms with Gasteiger partial charge in [-0.3, -0.25) is 10.1 Å². The summed E-state index contributed by atoms with van der Waals surface area (Å²) >= 11 is 1.90. The van der Waals surface area contributed by atoms with E-state index in [4.69, 9.17) is 4.74 Å². The molecule has 1 saturated heterocycles. The van der Waals surface area contributed by atoms with Gasteiger partial charge in [-0.05, 0) is 54.1 Å². The number of amides is 1. The minimum Gasteiger partial charge on any atom is -0.496 e. The fraction of sp³-hybridized carbons (Fsp3) is 0.217. The van der Waals surface area contributed by atoms with Crippen molar-refractivity contribution < 1.29 is 32.2 Å². The summed E-state index contributed by atoms with van der Waals surface area (Å²) in [5, 5.41) is 19.9. The first-order valence-electron chi connectivity index (χ1n) is 10.2. The molecule has 14 heteroatoms. The second-order valence-electron chi connectivity index (χ2n) is 7.21. The molecule has 2 heterocycles. The number of ether oxygens (including phenoxy) is 2. The zero-order chi connectivity index (χ0) is 27.2. The molecule has 2 aromatic rings. The molecule has 1 amide bonds. The first-order valence-corrected chi connectivity index (χ1v) is 12.0. The van der Waals surface area contributed by atoms with Crippen LogP contribution in [0.25, 0.3) is 0 Å². The molecule has 1 N–H and O–H groups in total. The number of rotatable bonds is 7. The number of alkyl halides is 3. The smallest absolute Gasteiger partial charge is 0.433 e. The number of hydrogen-bond acceptors (Lipinski definition) is 10. The summed E-state index contributed by atoms with van der Waals surface area (Å²) in [5.41, 5.74) is 0.397. The molecule has 0 spiro atoms. The fourth-order valence-corrected chi connectivity index (χ4v) is 4.73. The molecule has 1 fully saturated rings. The Labute approximate surface area is 217 Å². The van der Waals surface area contributed by atoms with E-state index < -0.39 is 23.7 Å². The lowest BCUT2D eigenvalue weighted by Gasteiger charge is -2.13. The molecular formula is C23H18F3N5O4S2. The monoisotopic (exact) mass is 549 g/mol. The highest BCUT2D eigenvalue weighted by atomic mass is 32.2. The average Bonchev–Trinajstić information content (AvgIpc) is 3.20. The van der Waals surface area contributed by atoms with Gasteiger partial charge in [-0.2, -0.15) is 23.5 Å². The van der Waals surface area contributed by atoms with Gasteiger partial charge in [0.1, 0.15) is 22.5 Å². The average molecular weight is 550 g/mol. The maximum absolute atomic E-state index is 13.2. The predicted molar refractivity (Wildman–Crippen MR) is 132 cm³/mol. The molecule has 9 nitrogen and oxygen atoms in total. The number of carbonyl (C=O) groups is 2. The van der Waals surface area contributed by atoms with E-state index >= 15 is 0 Å². The lowest BCUT2D eigenvalue weighted by Crippen LogP contribution is -2.19. The van der Waals surface area contributed by atoms with E-state index in [1.807, 2.05) is 6.07 Å². The number of aromatic nitrogens is 1. The SMILES string of the molecule is COC(=O)/C=C1/S/C(=N\N=Cc2ccc(OC)c(CSc3nc(C(F)(F)F)cc(C)c3C#N)c2)NC1=O. The molecular weight excluding hydrogens is 531 g/mol. The van der Waals surface area contributed by atoms with E-state index in [0.717, 1.165) is 35.7 Å². The van der Waals surface area contributed by atoms with Crippen LogP contribution in [-0.4, -0.2) is 42.5 Å². The molecule has 1 aliphatic rings. The zero-order valence-electron chi connectivity index (χ0n) is 19.5. The fourth-order valence-electron chi connectivity index (χ4n) is 2.96. The van der Waals surface area contributed by atoms with Gasteiger partial charge in [0.25, 0.3) is 5.91 Å². The Bertz CT molecular complexity index is 1370. The van der Waals surface area contributed by atoms with E-state index in [1.54, 1.807) is 18.2 Å². The van der Waals surface area contributed by atoms with E-state index in [9.17, 15) is 28.0 Å². The van der Waals surface area contributed by atoms with Gasteiger partial charge in [-0.25, -0.2) is 9.78 Å². The third-order valence-electron chi connectivity index (χ3n) is 4.71. The van der Waals surface area contributed by atoms with Gasteiger partial charge >= 0.3 is 12.1 Å². The molecule has 0 radical (unpaired) electrons. The Hall–Kier alpha value is -3.83. The number of benzene rings is 1. The van der Waals surface area contributed by atoms with Crippen molar-refractivity contribution in [3.63, 3.8) is 0 Å². The number of halogens is 3. The van der Waals surface area contributed by atoms with Crippen LogP contribution in [0.2, 0.25) is 0 Å². The maximum Gasteiger partial charge on any atom is 0.433 e. The van der Waals surface area contributed by atoms with E-state index in [-0.39, 0.29) is 32.0 Å². The standard InChI is InChI=1S/C23H18F3N5O4S2/c1-12-6-18(23(24,25)26)29-21(15(12)9-27)36-11-14-7-13(4-5-16(14)34-2)10-28-31-22-30-20(33)17(37-22)8-19(32)35-3/h4-8,10H,11H2,1-3H3,(H,30,31,33)/b17-8+,28-10?. The number of pyridine rings is 1. The van der Waals surface area contributed by atoms with Crippen molar-refractivity contribution in [2.24, 2.45) is 10.2 Å². The number of nitrogens with one attached hydrogen (secondary N) is 1. The highest BCUT2D eigenvalue weighted by Crippen LogP contribution is 2.35. The van der Waals surface area contributed by atoms with Crippen molar-refractivity contribution in [1.29, 1.82) is 5.26 Å². The quantitative estimate of drug-likeness (QED) is 0.179. The topological polar surface area (TPSA) is 126 Å². The highest BCUT2D eigenvalue weighted by Gasteiger charge is 2.34. The second-order valence-corrected chi connectivity index (χ2v) is 9.21. The van der Waals surface area contributed by atoms with Crippen molar-refractivity contribution in [2.75, 3.05) is 14.2 Å². The molecule has 0 aliphatic carbocycles. The van der Waals surface area contributed by atoms with Crippen LogP contribution in [0, 0.1) is 18.3 Å². The van der Waals surface area contributed by atoms with Crippen molar-refractivity contribution >= 4 is 46.8 Å². The zero-order valence-corrected chi connectivity index (χ0v) is 21.2. The lowest BCUT2D eigenvalue weighted by molar-refractivity contribution is -0.141. The number of aryl methyl sites for hydroxylation is 1. The van der Waals surface area contributed by atoms with Gasteiger partial charge in [0.15, 0.2) is 5.17 Å². The number of methoxy groups -OCH3 is 2. The summed E-state index contributed by atoms with van der Waals surface area (Å²) in [6, 6.07) is 7.81. The molecule has 0 saturated carbocycles. The summed E-state index contributed by atoms with van der Waals surface area (Å²) in [5.74, 6) is -0.545. The van der Waals surface area contributed by atoms with Crippen LogP contribution >= 0.6 is 23.5 Å². The van der Waals surface area contributed by atoms with Gasteiger partial charge in [0.05, 0.1) is 30.9 Å². The predicted octanol–water partition coefficient (Wildman–Crippen LogP) is 4.19. The maximum atomic E-state index is 13.2. The Morgan fingerprint density at radius 2 is 2.08 bits per heavy atom. The minimum absolute atomic E-state index is 0.0350. The number of thioether (sulfide) groups is 2. The van der Waals surface area contributed by atoms with Crippen LogP contribution in [-0.2, 0) is 26.3 Å². The summed E-state index contributed by atoms with van der Waals surface area (Å²) in [6.07, 6.45) is -2.20. The first kappa shape index (κ1) is 27.8. The normalized spacial score (nSPS) is 15.8. The van der Waals surface area contributed by atoms with Crippen LogP contribution < -0.4 is 10.1 Å². The van der Waals surface area contributed by atoms with Crippen LogP contribution in [0.1, 0.15) is 27.9 Å². The van der Waals surface area contributed by atoms with Crippen molar-refractivity contribution in [3.8, 4) is 11.8 Å². The number of hydrogen-bond donors (Lipinski definition) is 1. The summed E-state index contributed by atoms with van der Waals surface area (Å²) in [7, 11) is 2.65. The minimum atomic E-state index is -4.64. The van der Waals surface area contributed by atoms with Crippen molar-refractivity contribution in [3.05, 3.63) is 63.2 Å². The highest BCUT2D eigenvalue weighted by molar-refractivity contribution is 8.18. The van der Waals surface area contributed by atoms with Gasteiger partial charge in [0.2, 0.25) is 0 Å². The first-order chi connectivity index (χ1) is 17.5. The van der Waals surface area contributed by atoms with Gasteiger partial charge in [-0.15, -0.1) is 16.9 Å². The molecule has 0 unspecified atom stereocenters. The summed E-state index contributed by atoms with van der Waals surface area (Å²) < 4.78 is 49.5. The molecule has 192 valence electrons. The van der Waals surface area contributed by atoms with Crippen molar-refractivity contribution in [1.82, 2.24) is 10.3 Å². The van der Waals surface area contributed by atoms with Gasteiger partial charge < -0.3 is 9.47 Å². The van der Waals surface area contributed by atoms with Crippen LogP contribution in [0.15, 0.2) is 50.5 Å². The Balaban J connectivity index is 1.79. The Morgan fingerprint density at radius 3 is 2.73 bits per heavy atom. The number of nitriles is 1. The summed E-state index contributed by atoms with van der Waals surface area (Å²) in [4.78, 5) is 27.0. The molecule has 0 atom stereocenters. The lowest BCUT2D eigenvalue weighted by atomic mass is 10.1. The Morgan fingerprint density at radius 1 is 1.32 bits per heavy atom. The van der Waals surface area contributed by atoms with E-state index in [2.05, 4.69) is 25.2 Å². The summed E-state index contributed by atoms with van der Waals surface area (Å²) in [6.45, 7) is 1.43. The van der Waals surface area contributed by atoms with Crippen LogP contribution in [0.4, 0.5) is 13.2 Å². The molecule has 37 heavy (non-hydrogen) atoms. The van der Waals surface area contributed by atoms with Gasteiger partial charge in [0, 0.05) is 17.4 Å². The number of esters is 1. The molecule has 3 rings (SSSR count). The molecule has 1 aliphatic heterocycles. The Kier molecular flexibility index (Phi) is 8.95. The van der Waals surface area contributed by atoms with E-state index in [1.165, 1.54) is 27.4 Å². The molecule has 1 aromatic heterocycles. The number of nitrogens with zero attached hydrogens (tertiary/aromatic N) is 4. The van der Waals surface area contributed by atoms with Crippen LogP contribution in [0.3, 0.4) is 0 Å².